The molecule has 1 heterocycles. The first-order chi connectivity index (χ1) is 13.1. The minimum absolute atomic E-state index is 0.0177. The van der Waals surface area contributed by atoms with Crippen LogP contribution in [0.2, 0.25) is 5.02 Å². The molecule has 3 rings (SSSR count). The van der Waals surface area contributed by atoms with E-state index in [0.29, 0.717) is 21.9 Å². The molecule has 1 fully saturated rings. The number of amides is 1. The molecule has 0 aliphatic heterocycles. The maximum absolute atomic E-state index is 12.4. The zero-order valence-electron chi connectivity index (χ0n) is 15.3. The predicted octanol–water partition coefficient (Wildman–Crippen LogP) is 4.62. The van der Waals surface area contributed by atoms with Crippen LogP contribution in [-0.2, 0) is 11.4 Å². The molecular formula is C19H24ClN3O3S. The van der Waals surface area contributed by atoms with E-state index < -0.39 is 0 Å². The molecule has 1 aliphatic carbocycles. The lowest BCUT2D eigenvalue weighted by Gasteiger charge is -2.18. The Labute approximate surface area is 168 Å². The topological polar surface area (TPSA) is 77.2 Å². The smallest absolute Gasteiger partial charge is 0.277 e. The van der Waals surface area contributed by atoms with E-state index in [2.05, 4.69) is 15.5 Å². The Bertz CT molecular complexity index is 730. The molecule has 146 valence electrons. The quantitative estimate of drug-likeness (QED) is 0.531. The lowest BCUT2D eigenvalue weighted by atomic mass is 10.1. The van der Waals surface area contributed by atoms with E-state index >= 15 is 0 Å². The van der Waals surface area contributed by atoms with Gasteiger partial charge in [0.2, 0.25) is 5.91 Å². The lowest BCUT2D eigenvalue weighted by Crippen LogP contribution is -2.39. The lowest BCUT2D eigenvalue weighted by molar-refractivity contribution is -0.121. The van der Waals surface area contributed by atoms with E-state index in [-0.39, 0.29) is 23.8 Å². The maximum atomic E-state index is 12.4. The monoisotopic (exact) mass is 409 g/mol. The van der Waals surface area contributed by atoms with Gasteiger partial charge in [0.15, 0.2) is 6.61 Å². The summed E-state index contributed by atoms with van der Waals surface area (Å²) in [5, 5.41) is 11.8. The zero-order valence-corrected chi connectivity index (χ0v) is 16.9. The Morgan fingerprint density at radius 3 is 2.67 bits per heavy atom. The summed E-state index contributed by atoms with van der Waals surface area (Å²) < 4.78 is 11.2. The minimum atomic E-state index is -0.293. The molecule has 1 amide bonds. The zero-order chi connectivity index (χ0) is 19.1. The van der Waals surface area contributed by atoms with Gasteiger partial charge in [-0.15, -0.1) is 10.2 Å². The molecule has 0 radical (unpaired) electrons. The van der Waals surface area contributed by atoms with E-state index in [1.807, 2.05) is 6.92 Å². The molecule has 1 aromatic heterocycles. The number of carbonyl (C=O) groups is 1. The van der Waals surface area contributed by atoms with Gasteiger partial charge >= 0.3 is 0 Å². The van der Waals surface area contributed by atoms with E-state index in [4.69, 9.17) is 20.8 Å². The Hall–Kier alpha value is -1.73. The Balaban J connectivity index is 1.46. The number of rotatable bonds is 7. The van der Waals surface area contributed by atoms with Crippen LogP contribution in [0.1, 0.15) is 51.3 Å². The van der Waals surface area contributed by atoms with Crippen molar-refractivity contribution in [3.63, 3.8) is 0 Å². The summed E-state index contributed by atoms with van der Waals surface area (Å²) in [6.07, 6.45) is 7.03. The van der Waals surface area contributed by atoms with Crippen LogP contribution in [0, 0.1) is 0 Å². The average molecular weight is 410 g/mol. The van der Waals surface area contributed by atoms with Crippen LogP contribution >= 0.6 is 23.4 Å². The van der Waals surface area contributed by atoms with Crippen molar-refractivity contribution < 1.29 is 13.9 Å². The van der Waals surface area contributed by atoms with Gasteiger partial charge in [-0.3, -0.25) is 4.79 Å². The largest absolute Gasteiger partial charge is 0.484 e. The SMILES string of the molecule is C[C@@H](Sc1nnc(COc2ccc(Cl)cc2)o1)C(=O)NC1CCCCCC1. The molecule has 1 atom stereocenters. The third-order valence-corrected chi connectivity index (χ3v) is 5.66. The highest BCUT2D eigenvalue weighted by Gasteiger charge is 2.22. The van der Waals surface area contributed by atoms with Gasteiger partial charge in [0.25, 0.3) is 11.1 Å². The summed E-state index contributed by atoms with van der Waals surface area (Å²) in [5.41, 5.74) is 0. The molecule has 0 spiro atoms. The number of carbonyl (C=O) groups excluding carboxylic acids is 1. The highest BCUT2D eigenvalue weighted by atomic mass is 35.5. The molecule has 2 aromatic rings. The van der Waals surface area contributed by atoms with Crippen LogP contribution in [0.4, 0.5) is 0 Å². The number of hydrogen-bond acceptors (Lipinski definition) is 6. The van der Waals surface area contributed by atoms with Gasteiger partial charge < -0.3 is 14.5 Å². The van der Waals surface area contributed by atoms with Gasteiger partial charge in [-0.25, -0.2) is 0 Å². The number of aromatic nitrogens is 2. The molecule has 1 aromatic carbocycles. The number of halogens is 1. The molecule has 0 bridgehead atoms. The van der Waals surface area contributed by atoms with E-state index in [1.165, 1.54) is 37.4 Å². The number of thioether (sulfide) groups is 1. The fraction of sp³-hybridized carbons (Fsp3) is 0.526. The van der Waals surface area contributed by atoms with Crippen LogP contribution < -0.4 is 10.1 Å². The average Bonchev–Trinajstić information content (AvgIpc) is 2.94. The Morgan fingerprint density at radius 1 is 1.26 bits per heavy atom. The van der Waals surface area contributed by atoms with Crippen molar-refractivity contribution >= 4 is 29.3 Å². The summed E-state index contributed by atoms with van der Waals surface area (Å²) in [5.74, 6) is 1.05. The minimum Gasteiger partial charge on any atom is -0.484 e. The third kappa shape index (κ3) is 6.43. The van der Waals surface area contributed by atoms with E-state index in [1.54, 1.807) is 24.3 Å². The van der Waals surface area contributed by atoms with Crippen LogP contribution in [0.5, 0.6) is 5.75 Å². The number of nitrogens with zero attached hydrogens (tertiary/aromatic N) is 2. The third-order valence-electron chi connectivity index (χ3n) is 4.47. The normalized spacial score (nSPS) is 16.5. The fourth-order valence-electron chi connectivity index (χ4n) is 2.97. The predicted molar refractivity (Wildman–Crippen MR) is 105 cm³/mol. The van der Waals surface area contributed by atoms with Gasteiger partial charge in [-0.1, -0.05) is 49.0 Å². The van der Waals surface area contributed by atoms with Gasteiger partial charge in [0.1, 0.15) is 5.75 Å². The van der Waals surface area contributed by atoms with Gasteiger partial charge in [0.05, 0.1) is 5.25 Å². The van der Waals surface area contributed by atoms with Crippen molar-refractivity contribution in [2.45, 2.75) is 68.6 Å². The Kier molecular flexibility index (Phi) is 7.41. The number of benzene rings is 1. The molecular weight excluding hydrogens is 386 g/mol. The second kappa shape index (κ2) is 9.99. The molecule has 0 saturated heterocycles. The first-order valence-electron chi connectivity index (χ1n) is 9.28. The molecule has 27 heavy (non-hydrogen) atoms. The number of nitrogens with one attached hydrogen (secondary N) is 1. The van der Waals surface area contributed by atoms with Gasteiger partial charge in [0, 0.05) is 11.1 Å². The standard InChI is InChI=1S/C19H24ClN3O3S/c1-13(18(24)21-15-6-4-2-3-5-7-15)27-19-23-22-17(26-19)12-25-16-10-8-14(20)9-11-16/h8-11,13,15H,2-7,12H2,1H3,(H,21,24)/t13-/m1/s1. The highest BCUT2D eigenvalue weighted by Crippen LogP contribution is 2.24. The van der Waals surface area contributed by atoms with Gasteiger partial charge in [-0.05, 0) is 44.0 Å². The van der Waals surface area contributed by atoms with E-state index in [0.717, 1.165) is 12.8 Å². The van der Waals surface area contributed by atoms with Crippen molar-refractivity contribution in [3.05, 3.63) is 35.2 Å². The van der Waals surface area contributed by atoms with E-state index in [9.17, 15) is 4.79 Å². The molecule has 6 nitrogen and oxygen atoms in total. The molecule has 0 unspecified atom stereocenters. The molecule has 1 N–H and O–H groups in total. The second-order valence-electron chi connectivity index (χ2n) is 6.66. The van der Waals surface area contributed by atoms with Crippen LogP contribution in [0.3, 0.4) is 0 Å². The fourth-order valence-corrected chi connectivity index (χ4v) is 3.80. The molecule has 1 saturated carbocycles. The van der Waals surface area contributed by atoms with Crippen molar-refractivity contribution in [3.8, 4) is 5.75 Å². The number of ether oxygens (including phenoxy) is 1. The summed E-state index contributed by atoms with van der Waals surface area (Å²) in [6, 6.07) is 7.33. The summed E-state index contributed by atoms with van der Waals surface area (Å²) in [7, 11) is 0. The van der Waals surface area contributed by atoms with Crippen LogP contribution in [0.15, 0.2) is 33.9 Å². The number of hydrogen-bond donors (Lipinski definition) is 1. The Morgan fingerprint density at radius 2 is 1.96 bits per heavy atom. The van der Waals surface area contributed by atoms with Crippen LogP contribution in [-0.4, -0.2) is 27.4 Å². The van der Waals surface area contributed by atoms with Crippen molar-refractivity contribution in [2.75, 3.05) is 0 Å². The summed E-state index contributed by atoms with van der Waals surface area (Å²) in [4.78, 5) is 12.4. The van der Waals surface area contributed by atoms with Crippen molar-refractivity contribution in [1.29, 1.82) is 0 Å². The second-order valence-corrected chi connectivity index (χ2v) is 8.39. The first-order valence-corrected chi connectivity index (χ1v) is 10.5. The van der Waals surface area contributed by atoms with Crippen molar-refractivity contribution in [2.24, 2.45) is 0 Å². The molecule has 8 heteroatoms. The summed E-state index contributed by atoms with van der Waals surface area (Å²) >= 11 is 7.11. The first kappa shape index (κ1) is 20.0. The summed E-state index contributed by atoms with van der Waals surface area (Å²) in [6.45, 7) is 2.02. The van der Waals surface area contributed by atoms with Crippen LogP contribution in [0.25, 0.3) is 0 Å². The molecule has 1 aliphatic rings. The van der Waals surface area contributed by atoms with Crippen molar-refractivity contribution in [1.82, 2.24) is 15.5 Å². The maximum Gasteiger partial charge on any atom is 0.277 e. The van der Waals surface area contributed by atoms with Gasteiger partial charge in [-0.2, -0.15) is 0 Å². The highest BCUT2D eigenvalue weighted by molar-refractivity contribution is 8.00.